The molecule has 2 aromatic rings. The highest BCUT2D eigenvalue weighted by molar-refractivity contribution is 5.46. The van der Waals surface area contributed by atoms with Gasteiger partial charge in [-0.05, 0) is 6.07 Å². The van der Waals surface area contributed by atoms with Crippen LogP contribution in [0.5, 0.6) is 0 Å². The van der Waals surface area contributed by atoms with Gasteiger partial charge in [0.25, 0.3) is 5.56 Å². The molecule has 2 heterocycles. The van der Waals surface area contributed by atoms with Crippen LogP contribution in [-0.2, 0) is 0 Å². The van der Waals surface area contributed by atoms with Crippen molar-refractivity contribution >= 4 is 0 Å². The molecule has 2 rings (SSSR count). The molecule has 0 atom stereocenters. The van der Waals surface area contributed by atoms with Crippen molar-refractivity contribution in [2.75, 3.05) is 0 Å². The molecule has 0 fully saturated rings. The van der Waals surface area contributed by atoms with Crippen LogP contribution in [0.2, 0.25) is 0 Å². The molecular formula is C8H5FN4O. The number of halogens is 1. The summed E-state index contributed by atoms with van der Waals surface area (Å²) in [5.74, 6) is -0.249. The fraction of sp³-hybridized carbons (Fsp3) is 0. The normalized spacial score (nSPS) is 10.1. The van der Waals surface area contributed by atoms with Crippen molar-refractivity contribution in [2.45, 2.75) is 0 Å². The van der Waals surface area contributed by atoms with Gasteiger partial charge in [0.15, 0.2) is 11.6 Å². The molecule has 1 N–H and O–H groups in total. The maximum absolute atomic E-state index is 12.5. The van der Waals surface area contributed by atoms with E-state index in [-0.39, 0.29) is 11.4 Å². The lowest BCUT2D eigenvalue weighted by Crippen LogP contribution is -2.06. The van der Waals surface area contributed by atoms with Crippen LogP contribution in [0.1, 0.15) is 0 Å². The van der Waals surface area contributed by atoms with Crippen molar-refractivity contribution < 1.29 is 4.39 Å². The molecule has 0 aliphatic heterocycles. The van der Waals surface area contributed by atoms with Crippen molar-refractivity contribution in [1.29, 1.82) is 0 Å². The van der Waals surface area contributed by atoms with E-state index in [1.807, 2.05) is 0 Å². The average Bonchev–Trinajstić information content (AvgIpc) is 2.21. The SMILES string of the molecule is O=c1ccc(-c2ncc(F)cn2)n[nH]1. The first kappa shape index (κ1) is 8.49. The van der Waals surface area contributed by atoms with E-state index in [0.29, 0.717) is 5.69 Å². The van der Waals surface area contributed by atoms with Gasteiger partial charge < -0.3 is 0 Å². The van der Waals surface area contributed by atoms with Crippen LogP contribution in [0.3, 0.4) is 0 Å². The zero-order valence-electron chi connectivity index (χ0n) is 6.94. The fourth-order valence-corrected chi connectivity index (χ4v) is 0.914. The van der Waals surface area contributed by atoms with Crippen molar-refractivity contribution in [1.82, 2.24) is 20.2 Å². The van der Waals surface area contributed by atoms with E-state index in [9.17, 15) is 9.18 Å². The van der Waals surface area contributed by atoms with Gasteiger partial charge in [-0.15, -0.1) is 0 Å². The van der Waals surface area contributed by atoms with Crippen LogP contribution >= 0.6 is 0 Å². The number of hydrogen-bond donors (Lipinski definition) is 1. The average molecular weight is 192 g/mol. The lowest BCUT2D eigenvalue weighted by Gasteiger charge is -1.95. The minimum atomic E-state index is -0.516. The van der Waals surface area contributed by atoms with Crippen molar-refractivity contribution in [2.24, 2.45) is 0 Å². The molecule has 0 saturated heterocycles. The summed E-state index contributed by atoms with van der Waals surface area (Å²) < 4.78 is 12.5. The summed E-state index contributed by atoms with van der Waals surface area (Å²) >= 11 is 0. The summed E-state index contributed by atoms with van der Waals surface area (Å²) in [5, 5.41) is 5.93. The topological polar surface area (TPSA) is 71.5 Å². The molecule has 0 radical (unpaired) electrons. The Balaban J connectivity index is 2.44. The Kier molecular flexibility index (Phi) is 2.02. The lowest BCUT2D eigenvalue weighted by molar-refractivity contribution is 0.614. The highest BCUT2D eigenvalue weighted by atomic mass is 19.1. The van der Waals surface area contributed by atoms with Crippen LogP contribution in [0.4, 0.5) is 4.39 Å². The second-order valence-corrected chi connectivity index (χ2v) is 2.53. The third-order valence-corrected chi connectivity index (χ3v) is 1.53. The molecule has 0 unspecified atom stereocenters. The van der Waals surface area contributed by atoms with Crippen LogP contribution in [0, 0.1) is 5.82 Å². The quantitative estimate of drug-likeness (QED) is 0.708. The molecule has 70 valence electrons. The predicted molar refractivity (Wildman–Crippen MR) is 45.8 cm³/mol. The van der Waals surface area contributed by atoms with Gasteiger partial charge in [-0.2, -0.15) is 5.10 Å². The number of nitrogens with one attached hydrogen (secondary N) is 1. The summed E-state index contributed by atoms with van der Waals surface area (Å²) in [5.41, 5.74) is 0.0838. The molecule has 6 heteroatoms. The Morgan fingerprint density at radius 1 is 1.21 bits per heavy atom. The zero-order valence-corrected chi connectivity index (χ0v) is 6.94. The Morgan fingerprint density at radius 3 is 2.50 bits per heavy atom. The van der Waals surface area contributed by atoms with Crippen LogP contribution in [0.15, 0.2) is 29.3 Å². The van der Waals surface area contributed by atoms with E-state index in [4.69, 9.17) is 0 Å². The standard InChI is InChI=1S/C8H5FN4O/c9-5-3-10-8(11-4-5)6-1-2-7(14)13-12-6/h1-4H,(H,13,14). The predicted octanol–water partition coefficient (Wildman–Crippen LogP) is 0.366. The van der Waals surface area contributed by atoms with E-state index in [1.54, 1.807) is 0 Å². The molecule has 0 saturated carbocycles. The van der Waals surface area contributed by atoms with Crippen molar-refractivity contribution in [3.8, 4) is 11.5 Å². The largest absolute Gasteiger partial charge is 0.268 e. The van der Waals surface area contributed by atoms with Gasteiger partial charge in [0.2, 0.25) is 0 Å². The molecular weight excluding hydrogens is 187 g/mol. The van der Waals surface area contributed by atoms with Gasteiger partial charge in [0, 0.05) is 6.07 Å². The highest BCUT2D eigenvalue weighted by Gasteiger charge is 2.02. The smallest absolute Gasteiger partial charge is 0.264 e. The second-order valence-electron chi connectivity index (χ2n) is 2.53. The van der Waals surface area contributed by atoms with Crippen LogP contribution in [-0.4, -0.2) is 20.2 Å². The third kappa shape index (κ3) is 1.63. The molecule has 0 spiro atoms. The summed E-state index contributed by atoms with van der Waals surface area (Å²) in [6.45, 7) is 0. The lowest BCUT2D eigenvalue weighted by atomic mass is 10.3. The molecule has 14 heavy (non-hydrogen) atoms. The molecule has 0 aromatic carbocycles. The first-order valence-corrected chi connectivity index (χ1v) is 3.79. The van der Waals surface area contributed by atoms with E-state index in [0.717, 1.165) is 12.4 Å². The summed E-state index contributed by atoms with van der Waals surface area (Å²) in [7, 11) is 0. The highest BCUT2D eigenvalue weighted by Crippen LogP contribution is 2.07. The van der Waals surface area contributed by atoms with Gasteiger partial charge in [-0.1, -0.05) is 0 Å². The number of aromatic amines is 1. The summed E-state index contributed by atoms with van der Waals surface area (Å²) in [6.07, 6.45) is 2.07. The third-order valence-electron chi connectivity index (χ3n) is 1.53. The van der Waals surface area contributed by atoms with Gasteiger partial charge in [-0.3, -0.25) is 4.79 Å². The van der Waals surface area contributed by atoms with E-state index >= 15 is 0 Å². The van der Waals surface area contributed by atoms with Gasteiger partial charge in [0.05, 0.1) is 12.4 Å². The zero-order chi connectivity index (χ0) is 9.97. The molecule has 0 aliphatic carbocycles. The summed E-state index contributed by atoms with van der Waals surface area (Å²) in [4.78, 5) is 18.1. The van der Waals surface area contributed by atoms with Gasteiger partial charge in [-0.25, -0.2) is 19.5 Å². The second kappa shape index (κ2) is 3.33. The van der Waals surface area contributed by atoms with Crippen molar-refractivity contribution in [3.05, 3.63) is 40.7 Å². The number of aromatic nitrogens is 4. The molecule has 0 amide bonds. The summed E-state index contributed by atoms with van der Waals surface area (Å²) in [6, 6.07) is 2.77. The Labute approximate surface area is 77.7 Å². The molecule has 2 aromatic heterocycles. The molecule has 0 aliphatic rings. The first-order chi connectivity index (χ1) is 6.75. The monoisotopic (exact) mass is 192 g/mol. The van der Waals surface area contributed by atoms with Gasteiger partial charge >= 0.3 is 0 Å². The van der Waals surface area contributed by atoms with Crippen LogP contribution in [0.25, 0.3) is 11.5 Å². The van der Waals surface area contributed by atoms with E-state index in [2.05, 4.69) is 20.2 Å². The maximum Gasteiger partial charge on any atom is 0.264 e. The minimum absolute atomic E-state index is 0.266. The van der Waals surface area contributed by atoms with E-state index < -0.39 is 5.82 Å². The Bertz CT molecular complexity index is 473. The van der Waals surface area contributed by atoms with Crippen LogP contribution < -0.4 is 5.56 Å². The Hall–Kier alpha value is -2.11. The number of rotatable bonds is 1. The number of H-pyrrole nitrogens is 1. The minimum Gasteiger partial charge on any atom is -0.268 e. The molecule has 0 bridgehead atoms. The maximum atomic E-state index is 12.5. The fourth-order valence-electron chi connectivity index (χ4n) is 0.914. The molecule has 5 nitrogen and oxygen atoms in total. The van der Waals surface area contributed by atoms with Gasteiger partial charge in [0.1, 0.15) is 5.69 Å². The first-order valence-electron chi connectivity index (χ1n) is 3.79. The van der Waals surface area contributed by atoms with Crippen molar-refractivity contribution in [3.63, 3.8) is 0 Å². The number of hydrogen-bond acceptors (Lipinski definition) is 4. The number of nitrogens with zero attached hydrogens (tertiary/aromatic N) is 3. The Morgan fingerprint density at radius 2 is 1.93 bits per heavy atom. The van der Waals surface area contributed by atoms with E-state index in [1.165, 1.54) is 12.1 Å².